The summed E-state index contributed by atoms with van der Waals surface area (Å²) in [6, 6.07) is 3.20. The minimum atomic E-state index is -0.960. The molecule has 1 saturated heterocycles. The molecule has 1 aromatic heterocycles. The Morgan fingerprint density at radius 2 is 2.16 bits per heavy atom. The fourth-order valence-electron chi connectivity index (χ4n) is 2.03. The molecule has 0 radical (unpaired) electrons. The van der Waals surface area contributed by atoms with Gasteiger partial charge in [-0.25, -0.2) is 8.78 Å². The van der Waals surface area contributed by atoms with Crippen LogP contribution in [0.2, 0.25) is 0 Å². The number of nitrogens with one attached hydrogen (secondary N) is 1. The van der Waals surface area contributed by atoms with Crippen molar-refractivity contribution in [3.63, 3.8) is 0 Å². The van der Waals surface area contributed by atoms with Crippen molar-refractivity contribution in [1.29, 1.82) is 0 Å². The molecular weight excluding hydrogens is 256 g/mol. The van der Waals surface area contributed by atoms with Crippen LogP contribution >= 0.6 is 0 Å². The van der Waals surface area contributed by atoms with E-state index in [1.165, 1.54) is 6.07 Å². The third-order valence-corrected chi connectivity index (χ3v) is 3.03. The number of halogens is 2. The molecule has 3 rings (SSSR count). The van der Waals surface area contributed by atoms with Crippen molar-refractivity contribution in [2.75, 3.05) is 6.54 Å². The number of nitrogens with zero attached hydrogens (tertiary/aromatic N) is 2. The summed E-state index contributed by atoms with van der Waals surface area (Å²) in [5.74, 6) is -1.36. The zero-order valence-electron chi connectivity index (χ0n) is 9.81. The first-order chi connectivity index (χ1) is 9.13. The number of aliphatic hydroxyl groups is 1. The summed E-state index contributed by atoms with van der Waals surface area (Å²) in [4.78, 5) is 4.13. The normalized spacial score (nSPS) is 22.9. The number of benzene rings is 1. The predicted molar refractivity (Wildman–Crippen MR) is 61.0 cm³/mol. The average Bonchev–Trinajstić information content (AvgIpc) is 3.01. The maximum atomic E-state index is 13.1. The number of aromatic nitrogens is 2. The minimum absolute atomic E-state index is 0.192. The van der Waals surface area contributed by atoms with Crippen LogP contribution in [0.15, 0.2) is 22.7 Å². The Bertz CT molecular complexity index is 602. The largest absolute Gasteiger partial charge is 0.392 e. The summed E-state index contributed by atoms with van der Waals surface area (Å²) in [6.07, 6.45) is 0.0444. The second-order valence-electron chi connectivity index (χ2n) is 4.44. The molecule has 1 aliphatic heterocycles. The van der Waals surface area contributed by atoms with Crippen molar-refractivity contribution < 1.29 is 18.4 Å². The van der Waals surface area contributed by atoms with E-state index >= 15 is 0 Å². The van der Waals surface area contributed by atoms with Crippen LogP contribution in [0.25, 0.3) is 11.4 Å². The molecule has 2 heterocycles. The van der Waals surface area contributed by atoms with Gasteiger partial charge in [0, 0.05) is 12.1 Å². The second-order valence-corrected chi connectivity index (χ2v) is 4.44. The highest BCUT2D eigenvalue weighted by Crippen LogP contribution is 2.25. The third-order valence-electron chi connectivity index (χ3n) is 3.03. The Hall–Kier alpha value is -1.86. The lowest BCUT2D eigenvalue weighted by Gasteiger charge is -2.01. The van der Waals surface area contributed by atoms with Gasteiger partial charge in [0.05, 0.1) is 12.1 Å². The van der Waals surface area contributed by atoms with Gasteiger partial charge in [0.1, 0.15) is 0 Å². The fraction of sp³-hybridized carbons (Fsp3) is 0.333. The lowest BCUT2D eigenvalue weighted by Crippen LogP contribution is -2.15. The van der Waals surface area contributed by atoms with Crippen molar-refractivity contribution in [2.24, 2.45) is 0 Å². The summed E-state index contributed by atoms with van der Waals surface area (Å²) in [6.45, 7) is 0.466. The van der Waals surface area contributed by atoms with E-state index in [-0.39, 0.29) is 11.9 Å². The number of β-amino-alcohol motifs (C(OH)–C–C–N with tert-alkyl or cyclic N) is 1. The van der Waals surface area contributed by atoms with E-state index in [4.69, 9.17) is 4.52 Å². The molecule has 0 saturated carbocycles. The van der Waals surface area contributed by atoms with Crippen LogP contribution in [0.5, 0.6) is 0 Å². The maximum absolute atomic E-state index is 13.1. The summed E-state index contributed by atoms with van der Waals surface area (Å²) in [7, 11) is 0. The number of rotatable bonds is 2. The van der Waals surface area contributed by atoms with Gasteiger partial charge in [-0.05, 0) is 24.6 Å². The number of hydrogen-bond donors (Lipinski definition) is 2. The Morgan fingerprint density at radius 1 is 1.32 bits per heavy atom. The Balaban J connectivity index is 1.86. The van der Waals surface area contributed by atoms with Gasteiger partial charge in [0.25, 0.3) is 0 Å². The second kappa shape index (κ2) is 4.67. The van der Waals surface area contributed by atoms with Gasteiger partial charge in [-0.2, -0.15) is 4.98 Å². The van der Waals surface area contributed by atoms with Crippen LogP contribution in [0, 0.1) is 11.6 Å². The molecule has 19 heavy (non-hydrogen) atoms. The molecule has 0 spiro atoms. The summed E-state index contributed by atoms with van der Waals surface area (Å²) >= 11 is 0. The Morgan fingerprint density at radius 3 is 2.84 bits per heavy atom. The zero-order chi connectivity index (χ0) is 13.4. The Kier molecular flexibility index (Phi) is 3.00. The van der Waals surface area contributed by atoms with Gasteiger partial charge in [0.2, 0.25) is 11.7 Å². The quantitative estimate of drug-likeness (QED) is 0.860. The van der Waals surface area contributed by atoms with E-state index in [1.807, 2.05) is 0 Å². The van der Waals surface area contributed by atoms with E-state index in [9.17, 15) is 13.9 Å². The van der Waals surface area contributed by atoms with Crippen LogP contribution < -0.4 is 5.32 Å². The van der Waals surface area contributed by atoms with Crippen LogP contribution in [0.4, 0.5) is 8.78 Å². The molecule has 0 bridgehead atoms. The molecular formula is C12H11F2N3O2. The minimum Gasteiger partial charge on any atom is -0.392 e. The van der Waals surface area contributed by atoms with Crippen LogP contribution in [0.3, 0.4) is 0 Å². The Labute approximate surface area is 107 Å². The summed E-state index contributed by atoms with van der Waals surface area (Å²) in [5.41, 5.74) is 0.340. The van der Waals surface area contributed by atoms with Gasteiger partial charge < -0.3 is 14.9 Å². The molecule has 1 fully saturated rings. The molecule has 2 aromatic rings. The van der Waals surface area contributed by atoms with Gasteiger partial charge in [-0.3, -0.25) is 0 Å². The SMILES string of the molecule is OC1CNC(c2nc(-c3ccc(F)c(F)c3)no2)C1. The van der Waals surface area contributed by atoms with Crippen molar-refractivity contribution in [2.45, 2.75) is 18.6 Å². The first-order valence-electron chi connectivity index (χ1n) is 5.84. The van der Waals surface area contributed by atoms with E-state index < -0.39 is 17.7 Å². The molecule has 2 unspecified atom stereocenters. The molecule has 100 valence electrons. The molecule has 1 aromatic carbocycles. The highest BCUT2D eigenvalue weighted by atomic mass is 19.2. The van der Waals surface area contributed by atoms with E-state index in [0.717, 1.165) is 12.1 Å². The monoisotopic (exact) mass is 267 g/mol. The standard InChI is InChI=1S/C12H11F2N3O2/c13-8-2-1-6(3-9(8)14)11-16-12(19-17-11)10-4-7(18)5-15-10/h1-3,7,10,15,18H,4-5H2. The highest BCUT2D eigenvalue weighted by Gasteiger charge is 2.28. The van der Waals surface area contributed by atoms with Gasteiger partial charge in [0.15, 0.2) is 11.6 Å². The summed E-state index contributed by atoms with van der Waals surface area (Å²) < 4.78 is 31.0. The van der Waals surface area contributed by atoms with Crippen molar-refractivity contribution >= 4 is 0 Å². The topological polar surface area (TPSA) is 71.2 Å². The third kappa shape index (κ3) is 2.34. The summed E-state index contributed by atoms with van der Waals surface area (Å²) in [5, 5.41) is 16.2. The van der Waals surface area contributed by atoms with Gasteiger partial charge >= 0.3 is 0 Å². The first kappa shape index (κ1) is 12.2. The van der Waals surface area contributed by atoms with Crippen LogP contribution in [-0.2, 0) is 0 Å². The lowest BCUT2D eigenvalue weighted by atomic mass is 10.2. The molecule has 2 N–H and O–H groups in total. The molecule has 5 nitrogen and oxygen atoms in total. The molecule has 1 aliphatic rings. The van der Waals surface area contributed by atoms with Crippen molar-refractivity contribution in [3.05, 3.63) is 35.7 Å². The predicted octanol–water partition coefficient (Wildman–Crippen LogP) is 1.41. The van der Waals surface area contributed by atoms with Gasteiger partial charge in [-0.15, -0.1) is 0 Å². The highest BCUT2D eigenvalue weighted by molar-refractivity contribution is 5.54. The van der Waals surface area contributed by atoms with E-state index in [1.54, 1.807) is 0 Å². The number of hydrogen-bond acceptors (Lipinski definition) is 5. The zero-order valence-corrected chi connectivity index (χ0v) is 9.81. The van der Waals surface area contributed by atoms with Crippen molar-refractivity contribution in [1.82, 2.24) is 15.5 Å². The maximum Gasteiger partial charge on any atom is 0.244 e. The first-order valence-corrected chi connectivity index (χ1v) is 5.84. The smallest absolute Gasteiger partial charge is 0.244 e. The van der Waals surface area contributed by atoms with Gasteiger partial charge in [-0.1, -0.05) is 5.16 Å². The van der Waals surface area contributed by atoms with E-state index in [0.29, 0.717) is 24.4 Å². The number of aliphatic hydroxyl groups excluding tert-OH is 1. The molecule has 0 amide bonds. The molecule has 7 heteroatoms. The lowest BCUT2D eigenvalue weighted by molar-refractivity contribution is 0.191. The average molecular weight is 267 g/mol. The fourth-order valence-corrected chi connectivity index (χ4v) is 2.03. The molecule has 2 atom stereocenters. The van der Waals surface area contributed by atoms with Crippen LogP contribution in [-0.4, -0.2) is 27.9 Å². The molecule has 0 aliphatic carbocycles. The van der Waals surface area contributed by atoms with Crippen LogP contribution in [0.1, 0.15) is 18.4 Å². The van der Waals surface area contributed by atoms with E-state index in [2.05, 4.69) is 15.5 Å². The van der Waals surface area contributed by atoms with Crippen molar-refractivity contribution in [3.8, 4) is 11.4 Å².